The number of aryl methyl sites for hydroxylation is 2. The Balaban J connectivity index is 1.88. The summed E-state index contributed by atoms with van der Waals surface area (Å²) in [4.78, 5) is 0. The molecule has 0 aromatic heterocycles. The molecule has 0 amide bonds. The molecule has 0 spiro atoms. The maximum absolute atomic E-state index is 6.16. The lowest BCUT2D eigenvalue weighted by Gasteiger charge is -2.26. The Bertz CT molecular complexity index is 571. The molecule has 2 N–H and O–H groups in total. The van der Waals surface area contributed by atoms with Crippen molar-refractivity contribution >= 4 is 5.69 Å². The van der Waals surface area contributed by atoms with Crippen LogP contribution in [0.1, 0.15) is 35.6 Å². The van der Waals surface area contributed by atoms with Crippen LogP contribution < -0.4 is 10.5 Å². The van der Waals surface area contributed by atoms with E-state index in [1.54, 1.807) is 0 Å². The van der Waals surface area contributed by atoms with E-state index >= 15 is 0 Å². The first-order chi connectivity index (χ1) is 9.22. The van der Waals surface area contributed by atoms with Crippen molar-refractivity contribution in [2.24, 2.45) is 0 Å². The van der Waals surface area contributed by atoms with E-state index in [4.69, 9.17) is 10.5 Å². The average molecular weight is 253 g/mol. The molecule has 0 aliphatic heterocycles. The predicted molar refractivity (Wildman–Crippen MR) is 78.3 cm³/mol. The molecule has 2 nitrogen and oxygen atoms in total. The number of hydrogen-bond donors (Lipinski definition) is 1. The topological polar surface area (TPSA) is 35.2 Å². The number of ether oxygens (including phenoxy) is 1. The smallest absolute Gasteiger partial charge is 0.124 e. The van der Waals surface area contributed by atoms with Crippen molar-refractivity contribution < 1.29 is 4.74 Å². The molecule has 0 heterocycles. The van der Waals surface area contributed by atoms with Gasteiger partial charge in [-0.1, -0.05) is 24.3 Å². The lowest BCUT2D eigenvalue weighted by Crippen LogP contribution is -2.15. The number of benzene rings is 2. The minimum atomic E-state index is 0.158. The van der Waals surface area contributed by atoms with Gasteiger partial charge < -0.3 is 10.5 Å². The summed E-state index contributed by atoms with van der Waals surface area (Å²) in [5.74, 6) is 0.874. The highest BCUT2D eigenvalue weighted by molar-refractivity contribution is 5.47. The van der Waals surface area contributed by atoms with E-state index in [9.17, 15) is 0 Å². The maximum Gasteiger partial charge on any atom is 0.124 e. The Labute approximate surface area is 114 Å². The predicted octanol–water partition coefficient (Wildman–Crippen LogP) is 4.03. The van der Waals surface area contributed by atoms with Gasteiger partial charge in [0.15, 0.2) is 0 Å². The molecule has 2 aromatic rings. The Morgan fingerprint density at radius 3 is 2.84 bits per heavy atom. The molecule has 0 saturated heterocycles. The second-order valence-electron chi connectivity index (χ2n) is 5.28. The quantitative estimate of drug-likeness (QED) is 0.820. The zero-order valence-corrected chi connectivity index (χ0v) is 11.2. The van der Waals surface area contributed by atoms with E-state index in [0.29, 0.717) is 0 Å². The fourth-order valence-electron chi connectivity index (χ4n) is 2.84. The van der Waals surface area contributed by atoms with Crippen molar-refractivity contribution in [3.05, 3.63) is 59.2 Å². The molecular weight excluding hydrogens is 234 g/mol. The number of nitrogen functional groups attached to an aromatic ring is 1. The summed E-state index contributed by atoms with van der Waals surface area (Å²) in [6.07, 6.45) is 3.57. The number of fused-ring (bicyclic) bond motifs is 1. The van der Waals surface area contributed by atoms with Crippen LogP contribution in [-0.4, -0.2) is 0 Å². The zero-order chi connectivity index (χ0) is 13.2. The van der Waals surface area contributed by atoms with Gasteiger partial charge in [0, 0.05) is 11.8 Å². The average Bonchev–Trinajstić information content (AvgIpc) is 2.38. The van der Waals surface area contributed by atoms with E-state index in [1.165, 1.54) is 17.5 Å². The first kappa shape index (κ1) is 12.1. The van der Waals surface area contributed by atoms with Gasteiger partial charge in [-0.15, -0.1) is 0 Å². The first-order valence-corrected chi connectivity index (χ1v) is 6.84. The molecule has 1 aliphatic rings. The lowest BCUT2D eigenvalue weighted by molar-refractivity contribution is 0.183. The van der Waals surface area contributed by atoms with Gasteiger partial charge in [0.05, 0.1) is 0 Å². The molecule has 0 bridgehead atoms. The fourth-order valence-corrected chi connectivity index (χ4v) is 2.84. The second kappa shape index (κ2) is 4.96. The largest absolute Gasteiger partial charge is 0.486 e. The fraction of sp³-hybridized carbons (Fsp3) is 0.294. The van der Waals surface area contributed by atoms with Crippen LogP contribution in [0, 0.1) is 6.92 Å². The standard InChI is InChI=1S/C17H19NO/c1-12-9-14(18)11-15(10-12)19-17-8-4-6-13-5-2-3-7-16(13)17/h2-3,5,7,9-11,17H,4,6,8,18H2,1H3. The van der Waals surface area contributed by atoms with E-state index in [-0.39, 0.29) is 6.10 Å². The van der Waals surface area contributed by atoms with Gasteiger partial charge in [-0.2, -0.15) is 0 Å². The van der Waals surface area contributed by atoms with Crippen LogP contribution in [-0.2, 0) is 6.42 Å². The highest BCUT2D eigenvalue weighted by Crippen LogP contribution is 2.34. The van der Waals surface area contributed by atoms with Crippen LogP contribution >= 0.6 is 0 Å². The van der Waals surface area contributed by atoms with Gasteiger partial charge in [-0.3, -0.25) is 0 Å². The minimum Gasteiger partial charge on any atom is -0.486 e. The summed E-state index contributed by atoms with van der Waals surface area (Å²) in [6.45, 7) is 2.04. The zero-order valence-electron chi connectivity index (χ0n) is 11.2. The van der Waals surface area contributed by atoms with Crippen molar-refractivity contribution in [1.82, 2.24) is 0 Å². The lowest BCUT2D eigenvalue weighted by atomic mass is 9.89. The molecule has 2 aromatic carbocycles. The van der Waals surface area contributed by atoms with Crippen molar-refractivity contribution in [2.75, 3.05) is 5.73 Å². The van der Waals surface area contributed by atoms with Gasteiger partial charge in [0.25, 0.3) is 0 Å². The van der Waals surface area contributed by atoms with Crippen LogP contribution in [0.5, 0.6) is 5.75 Å². The Hall–Kier alpha value is -1.96. The van der Waals surface area contributed by atoms with Crippen molar-refractivity contribution in [2.45, 2.75) is 32.3 Å². The van der Waals surface area contributed by atoms with E-state index in [0.717, 1.165) is 29.8 Å². The number of anilines is 1. The van der Waals surface area contributed by atoms with Crippen molar-refractivity contribution in [3.8, 4) is 5.75 Å². The van der Waals surface area contributed by atoms with Crippen molar-refractivity contribution in [1.29, 1.82) is 0 Å². The highest BCUT2D eigenvalue weighted by atomic mass is 16.5. The monoisotopic (exact) mass is 253 g/mol. The van der Waals surface area contributed by atoms with Crippen LogP contribution in [0.15, 0.2) is 42.5 Å². The van der Waals surface area contributed by atoms with Crippen LogP contribution in [0.3, 0.4) is 0 Å². The van der Waals surface area contributed by atoms with E-state index in [1.807, 2.05) is 25.1 Å². The second-order valence-corrected chi connectivity index (χ2v) is 5.28. The molecule has 0 radical (unpaired) electrons. The number of hydrogen-bond acceptors (Lipinski definition) is 2. The number of rotatable bonds is 2. The summed E-state index contributed by atoms with van der Waals surface area (Å²) in [6, 6.07) is 14.5. The van der Waals surface area contributed by atoms with Gasteiger partial charge in [0.1, 0.15) is 11.9 Å². The number of nitrogens with two attached hydrogens (primary N) is 1. The molecule has 2 heteroatoms. The third-order valence-corrected chi connectivity index (χ3v) is 3.67. The first-order valence-electron chi connectivity index (χ1n) is 6.84. The van der Waals surface area contributed by atoms with Crippen LogP contribution in [0.2, 0.25) is 0 Å². The maximum atomic E-state index is 6.16. The van der Waals surface area contributed by atoms with Crippen LogP contribution in [0.25, 0.3) is 0 Å². The molecule has 1 aliphatic carbocycles. The third kappa shape index (κ3) is 2.58. The molecule has 19 heavy (non-hydrogen) atoms. The normalized spacial score (nSPS) is 17.8. The molecule has 0 fully saturated rings. The molecule has 1 unspecified atom stereocenters. The Morgan fingerprint density at radius 2 is 2.00 bits per heavy atom. The third-order valence-electron chi connectivity index (χ3n) is 3.67. The highest BCUT2D eigenvalue weighted by Gasteiger charge is 2.21. The minimum absolute atomic E-state index is 0.158. The molecule has 0 saturated carbocycles. The molecule has 3 rings (SSSR count). The van der Waals surface area contributed by atoms with Crippen LogP contribution in [0.4, 0.5) is 5.69 Å². The summed E-state index contributed by atoms with van der Waals surface area (Å²) in [5.41, 5.74) is 10.5. The van der Waals surface area contributed by atoms with Crippen molar-refractivity contribution in [3.63, 3.8) is 0 Å². The summed E-state index contributed by atoms with van der Waals surface area (Å²) in [7, 11) is 0. The summed E-state index contributed by atoms with van der Waals surface area (Å²) < 4.78 is 6.16. The van der Waals surface area contributed by atoms with Gasteiger partial charge in [0.2, 0.25) is 0 Å². The Kier molecular flexibility index (Phi) is 3.16. The molecule has 1 atom stereocenters. The molecular formula is C17H19NO. The van der Waals surface area contributed by atoms with Gasteiger partial charge >= 0.3 is 0 Å². The SMILES string of the molecule is Cc1cc(N)cc(OC2CCCc3ccccc32)c1. The van der Waals surface area contributed by atoms with Gasteiger partial charge in [-0.05, 0) is 55.0 Å². The summed E-state index contributed by atoms with van der Waals surface area (Å²) in [5, 5.41) is 0. The molecule has 98 valence electrons. The summed E-state index contributed by atoms with van der Waals surface area (Å²) >= 11 is 0. The van der Waals surface area contributed by atoms with E-state index in [2.05, 4.69) is 24.3 Å². The van der Waals surface area contributed by atoms with E-state index < -0.39 is 0 Å². The van der Waals surface area contributed by atoms with Gasteiger partial charge in [-0.25, -0.2) is 0 Å². The Morgan fingerprint density at radius 1 is 1.16 bits per heavy atom.